The van der Waals surface area contributed by atoms with Crippen molar-refractivity contribution in [3.05, 3.63) is 69.6 Å². The number of ether oxygens (including phenoxy) is 1. The molecule has 3 rings (SSSR count). The quantitative estimate of drug-likeness (QED) is 0.367. The third-order valence-electron chi connectivity index (χ3n) is 4.69. The first-order valence-electron chi connectivity index (χ1n) is 10.3. The first-order chi connectivity index (χ1) is 16.4. The van der Waals surface area contributed by atoms with Crippen LogP contribution in [-0.2, 0) is 25.6 Å². The molecule has 0 fully saturated rings. The molecule has 13 heteroatoms. The van der Waals surface area contributed by atoms with Gasteiger partial charge in [-0.15, -0.1) is 24.5 Å². The highest BCUT2D eigenvalue weighted by molar-refractivity contribution is 7.13. The molecule has 0 saturated heterocycles. The molecule has 190 valence electrons. The van der Waals surface area contributed by atoms with E-state index in [4.69, 9.17) is 4.42 Å². The van der Waals surface area contributed by atoms with Crippen molar-refractivity contribution in [1.82, 2.24) is 15.2 Å². The number of amides is 1. The van der Waals surface area contributed by atoms with Gasteiger partial charge in [0.25, 0.3) is 5.91 Å². The molecule has 2 aromatic heterocycles. The number of carbonyl (C=O) groups is 1. The van der Waals surface area contributed by atoms with Crippen LogP contribution in [-0.4, -0.2) is 42.3 Å². The van der Waals surface area contributed by atoms with E-state index < -0.39 is 34.8 Å². The highest BCUT2D eigenvalue weighted by Crippen LogP contribution is 2.34. The summed E-state index contributed by atoms with van der Waals surface area (Å²) in [6.07, 6.45) is -7.85. The fourth-order valence-corrected chi connectivity index (χ4v) is 4.14. The molecule has 0 aliphatic heterocycles. The molecule has 1 amide bonds. The summed E-state index contributed by atoms with van der Waals surface area (Å²) in [4.78, 5) is 17.4. The van der Waals surface area contributed by atoms with Crippen LogP contribution in [0, 0.1) is 0 Å². The van der Waals surface area contributed by atoms with Crippen LogP contribution in [0.2, 0.25) is 0 Å². The molecule has 35 heavy (non-hydrogen) atoms. The van der Waals surface area contributed by atoms with E-state index in [0.29, 0.717) is 35.7 Å². The number of benzene rings is 1. The molecular weight excluding hydrogens is 500 g/mol. The summed E-state index contributed by atoms with van der Waals surface area (Å²) in [6, 6.07) is 8.64. The lowest BCUT2D eigenvalue weighted by atomic mass is 10.1. The molecule has 0 aliphatic carbocycles. The van der Waals surface area contributed by atoms with Gasteiger partial charge in [-0.05, 0) is 43.3 Å². The maximum absolute atomic E-state index is 13.5. The second-order valence-electron chi connectivity index (χ2n) is 7.55. The van der Waals surface area contributed by atoms with E-state index in [1.165, 1.54) is 18.4 Å². The lowest BCUT2D eigenvalue weighted by molar-refractivity contribution is -0.274. The van der Waals surface area contributed by atoms with Crippen LogP contribution in [0.25, 0.3) is 0 Å². The van der Waals surface area contributed by atoms with Crippen LogP contribution < -0.4 is 10.1 Å². The number of furan rings is 1. The van der Waals surface area contributed by atoms with E-state index in [1.807, 2.05) is 4.90 Å². The van der Waals surface area contributed by atoms with Gasteiger partial charge in [0, 0.05) is 19.5 Å². The number of nitrogens with one attached hydrogen (secondary N) is 1. The van der Waals surface area contributed by atoms with Crippen molar-refractivity contribution < 1.29 is 40.3 Å². The number of hydrogen-bond acceptors (Lipinski definition) is 6. The summed E-state index contributed by atoms with van der Waals surface area (Å²) in [5.41, 5.74) is -0.850. The van der Waals surface area contributed by atoms with Crippen LogP contribution in [0.5, 0.6) is 5.75 Å². The smallest absolute Gasteiger partial charge is 0.468 e. The Morgan fingerprint density at radius 3 is 2.57 bits per heavy atom. The first-order valence-corrected chi connectivity index (χ1v) is 11.1. The summed E-state index contributed by atoms with van der Waals surface area (Å²) < 4.78 is 86.6. The largest absolute Gasteiger partial charge is 0.573 e. The molecule has 0 atom stereocenters. The number of alkyl halides is 6. The predicted octanol–water partition coefficient (Wildman–Crippen LogP) is 5.30. The summed E-state index contributed by atoms with van der Waals surface area (Å²) in [6.45, 7) is 0.765. The van der Waals surface area contributed by atoms with Crippen molar-refractivity contribution in [2.45, 2.75) is 31.9 Å². The van der Waals surface area contributed by atoms with Gasteiger partial charge in [-0.25, -0.2) is 4.98 Å². The van der Waals surface area contributed by atoms with Gasteiger partial charge in [0.05, 0.1) is 17.8 Å². The summed E-state index contributed by atoms with van der Waals surface area (Å²) in [5.74, 6) is -0.671. The van der Waals surface area contributed by atoms with Crippen molar-refractivity contribution in [3.63, 3.8) is 0 Å². The van der Waals surface area contributed by atoms with Gasteiger partial charge < -0.3 is 14.5 Å². The van der Waals surface area contributed by atoms with Crippen LogP contribution in [0.3, 0.4) is 0 Å². The fraction of sp³-hybridized carbons (Fsp3) is 0.364. The molecule has 0 unspecified atom stereocenters. The zero-order valence-electron chi connectivity index (χ0n) is 18.4. The Bertz CT molecular complexity index is 1110. The van der Waals surface area contributed by atoms with E-state index in [0.717, 1.165) is 12.1 Å². The van der Waals surface area contributed by atoms with Crippen molar-refractivity contribution >= 4 is 17.2 Å². The number of hydrogen-bond donors (Lipinski definition) is 1. The summed E-state index contributed by atoms with van der Waals surface area (Å²) >= 11 is 0.661. The maximum Gasteiger partial charge on any atom is 0.573 e. The molecule has 3 aromatic rings. The Balaban J connectivity index is 1.60. The molecule has 0 bridgehead atoms. The Kier molecular flexibility index (Phi) is 8.43. The number of nitrogens with zero attached hydrogens (tertiary/aromatic N) is 2. The maximum atomic E-state index is 13.5. The van der Waals surface area contributed by atoms with Crippen LogP contribution in [0.1, 0.15) is 31.7 Å². The number of aromatic nitrogens is 1. The third kappa shape index (κ3) is 8.28. The minimum absolute atomic E-state index is 0.0887. The number of likely N-dealkylation sites (N-methyl/N-ethyl adjacent to an activating group) is 1. The zero-order valence-corrected chi connectivity index (χ0v) is 19.2. The molecule has 0 aliphatic rings. The van der Waals surface area contributed by atoms with Crippen molar-refractivity contribution in [1.29, 1.82) is 0 Å². The predicted molar refractivity (Wildman–Crippen MR) is 115 cm³/mol. The Morgan fingerprint density at radius 1 is 1.14 bits per heavy atom. The minimum Gasteiger partial charge on any atom is -0.468 e. The van der Waals surface area contributed by atoms with Crippen molar-refractivity contribution in [2.24, 2.45) is 0 Å². The average Bonchev–Trinajstić information content (AvgIpc) is 3.41. The number of carbonyl (C=O) groups excluding carboxylic acids is 1. The van der Waals surface area contributed by atoms with Gasteiger partial charge in [0.2, 0.25) is 0 Å². The monoisotopic (exact) mass is 521 g/mol. The molecule has 0 spiro atoms. The van der Waals surface area contributed by atoms with Crippen molar-refractivity contribution in [2.75, 3.05) is 20.1 Å². The highest BCUT2D eigenvalue weighted by atomic mass is 32.1. The van der Waals surface area contributed by atoms with E-state index in [2.05, 4.69) is 15.0 Å². The van der Waals surface area contributed by atoms with Gasteiger partial charge >= 0.3 is 12.5 Å². The standard InChI is InChI=1S/C22H21F6N3O3S/c1-31(13-16-6-3-11-33-16)10-8-17-30-19(21(23,24)25)18(35-17)20(32)29-9-7-14-4-2-5-15(12-14)34-22(26,27)28/h2-6,11-12H,7-10,13H2,1H3,(H,29,32). The molecule has 2 heterocycles. The molecule has 1 aromatic carbocycles. The summed E-state index contributed by atoms with van der Waals surface area (Å²) in [7, 11) is 1.78. The lowest BCUT2D eigenvalue weighted by Gasteiger charge is -2.13. The topological polar surface area (TPSA) is 67.6 Å². The van der Waals surface area contributed by atoms with Crippen LogP contribution in [0.15, 0.2) is 47.1 Å². The van der Waals surface area contributed by atoms with E-state index in [-0.39, 0.29) is 24.4 Å². The Hall–Kier alpha value is -3.06. The van der Waals surface area contributed by atoms with Gasteiger partial charge in [0.1, 0.15) is 16.4 Å². The number of thiazole rings is 1. The molecular formula is C22H21F6N3O3S. The van der Waals surface area contributed by atoms with Crippen LogP contribution in [0.4, 0.5) is 26.3 Å². The third-order valence-corrected chi connectivity index (χ3v) is 5.80. The molecule has 6 nitrogen and oxygen atoms in total. The lowest BCUT2D eigenvalue weighted by Crippen LogP contribution is -2.27. The zero-order chi connectivity index (χ0) is 25.6. The Morgan fingerprint density at radius 2 is 1.91 bits per heavy atom. The number of rotatable bonds is 10. The molecule has 1 N–H and O–H groups in total. The van der Waals surface area contributed by atoms with E-state index in [9.17, 15) is 31.1 Å². The molecule has 0 radical (unpaired) electrons. The Labute approximate surface area is 200 Å². The molecule has 0 saturated carbocycles. The minimum atomic E-state index is -4.85. The van der Waals surface area contributed by atoms with E-state index >= 15 is 0 Å². The second-order valence-corrected chi connectivity index (χ2v) is 8.63. The van der Waals surface area contributed by atoms with Gasteiger partial charge in [-0.2, -0.15) is 13.2 Å². The van der Waals surface area contributed by atoms with Gasteiger partial charge in [0.15, 0.2) is 5.69 Å². The van der Waals surface area contributed by atoms with Crippen molar-refractivity contribution in [3.8, 4) is 5.75 Å². The normalized spacial score (nSPS) is 12.2. The SMILES string of the molecule is CN(CCc1nc(C(F)(F)F)c(C(=O)NCCc2cccc(OC(F)(F)F)c2)s1)Cc1ccco1. The van der Waals surface area contributed by atoms with E-state index in [1.54, 1.807) is 19.2 Å². The first kappa shape index (κ1) is 26.5. The van der Waals surface area contributed by atoms with Gasteiger partial charge in [-0.1, -0.05) is 12.1 Å². The van der Waals surface area contributed by atoms with Crippen LogP contribution >= 0.6 is 11.3 Å². The highest BCUT2D eigenvalue weighted by Gasteiger charge is 2.39. The number of halogens is 6. The average molecular weight is 521 g/mol. The fourth-order valence-electron chi connectivity index (χ4n) is 3.15. The second kappa shape index (κ2) is 11.1. The summed E-state index contributed by atoms with van der Waals surface area (Å²) in [5, 5.41) is 2.54. The van der Waals surface area contributed by atoms with Gasteiger partial charge in [-0.3, -0.25) is 9.69 Å².